The molecule has 0 aliphatic rings. The van der Waals surface area contributed by atoms with Gasteiger partial charge in [0.25, 0.3) is 5.91 Å². The molecule has 0 fully saturated rings. The number of halogens is 3. The quantitative estimate of drug-likeness (QED) is 0.455. The van der Waals surface area contributed by atoms with E-state index in [-0.39, 0.29) is 0 Å². The lowest BCUT2D eigenvalue weighted by molar-refractivity contribution is 0.102. The van der Waals surface area contributed by atoms with E-state index < -0.39 is 17.5 Å². The smallest absolute Gasteiger partial charge is 0.257 e. The van der Waals surface area contributed by atoms with Crippen molar-refractivity contribution in [2.24, 2.45) is 0 Å². The summed E-state index contributed by atoms with van der Waals surface area (Å²) in [4.78, 5) is 16.9. The first-order chi connectivity index (χ1) is 13.9. The van der Waals surface area contributed by atoms with Gasteiger partial charge in [-0.05, 0) is 52.7 Å². The van der Waals surface area contributed by atoms with E-state index in [9.17, 15) is 13.6 Å². The molecule has 0 unspecified atom stereocenters. The predicted octanol–water partition coefficient (Wildman–Crippen LogP) is 5.90. The van der Waals surface area contributed by atoms with E-state index in [2.05, 4.69) is 26.2 Å². The molecular weight excluding hydrogens is 466 g/mol. The van der Waals surface area contributed by atoms with E-state index in [1.165, 1.54) is 24.5 Å². The van der Waals surface area contributed by atoms with E-state index >= 15 is 0 Å². The Bertz CT molecular complexity index is 1040. The van der Waals surface area contributed by atoms with Gasteiger partial charge in [-0.15, -0.1) is 11.3 Å². The van der Waals surface area contributed by atoms with Crippen LogP contribution in [-0.4, -0.2) is 24.6 Å². The topological polar surface area (TPSA) is 60.5 Å². The van der Waals surface area contributed by atoms with Gasteiger partial charge in [-0.3, -0.25) is 10.1 Å². The molecular formula is C20H17BrF2N2O3S. The molecule has 1 amide bonds. The van der Waals surface area contributed by atoms with Crippen LogP contribution >= 0.6 is 27.3 Å². The maximum Gasteiger partial charge on any atom is 0.257 e. The Morgan fingerprint density at radius 1 is 1.24 bits per heavy atom. The van der Waals surface area contributed by atoms with Crippen LogP contribution in [0.2, 0.25) is 0 Å². The van der Waals surface area contributed by atoms with Crippen molar-refractivity contribution in [1.82, 2.24) is 4.98 Å². The molecule has 0 radical (unpaired) electrons. The molecule has 2 aromatic carbocycles. The second kappa shape index (κ2) is 9.32. The lowest BCUT2D eigenvalue weighted by atomic mass is 10.1. The van der Waals surface area contributed by atoms with E-state index in [1.807, 2.05) is 6.92 Å². The number of hydrogen-bond acceptors (Lipinski definition) is 5. The second-order valence-electron chi connectivity index (χ2n) is 5.96. The number of thiazole rings is 1. The molecule has 0 saturated carbocycles. The fourth-order valence-corrected chi connectivity index (χ4v) is 3.75. The summed E-state index contributed by atoms with van der Waals surface area (Å²) in [6.07, 6.45) is 0.835. The molecule has 152 valence electrons. The molecule has 9 heteroatoms. The van der Waals surface area contributed by atoms with Crippen LogP contribution < -0.4 is 14.8 Å². The first kappa shape index (κ1) is 21.2. The maximum absolute atomic E-state index is 13.4. The highest BCUT2D eigenvalue weighted by Gasteiger charge is 2.17. The van der Waals surface area contributed by atoms with Crippen LogP contribution in [0.1, 0.15) is 23.7 Å². The van der Waals surface area contributed by atoms with E-state index in [0.717, 1.165) is 18.6 Å². The number of nitrogens with one attached hydrogen (secondary N) is 1. The Morgan fingerprint density at radius 2 is 2.03 bits per heavy atom. The predicted molar refractivity (Wildman–Crippen MR) is 112 cm³/mol. The van der Waals surface area contributed by atoms with Crippen molar-refractivity contribution >= 4 is 38.3 Å². The van der Waals surface area contributed by atoms with Crippen molar-refractivity contribution in [3.63, 3.8) is 0 Å². The number of carbonyl (C=O) groups is 1. The highest BCUT2D eigenvalue weighted by molar-refractivity contribution is 9.10. The van der Waals surface area contributed by atoms with Gasteiger partial charge in [-0.1, -0.05) is 6.92 Å². The number of anilines is 1. The van der Waals surface area contributed by atoms with Gasteiger partial charge in [-0.25, -0.2) is 13.8 Å². The molecule has 1 heterocycles. The van der Waals surface area contributed by atoms with Crippen LogP contribution in [0.25, 0.3) is 11.3 Å². The Kier molecular flexibility index (Phi) is 6.81. The van der Waals surface area contributed by atoms with Gasteiger partial charge in [0.05, 0.1) is 23.9 Å². The lowest BCUT2D eigenvalue weighted by Crippen LogP contribution is -2.12. The summed E-state index contributed by atoms with van der Waals surface area (Å²) in [6, 6.07) is 6.74. The summed E-state index contributed by atoms with van der Waals surface area (Å²) in [6.45, 7) is 2.51. The number of nitrogens with zero attached hydrogens (tertiary/aromatic N) is 1. The molecule has 0 aliphatic heterocycles. The molecule has 1 aromatic heterocycles. The zero-order valence-corrected chi connectivity index (χ0v) is 18.0. The van der Waals surface area contributed by atoms with Gasteiger partial charge >= 0.3 is 0 Å². The Labute approximate surface area is 178 Å². The van der Waals surface area contributed by atoms with E-state index in [0.29, 0.717) is 44.5 Å². The average molecular weight is 483 g/mol. The van der Waals surface area contributed by atoms with Crippen molar-refractivity contribution in [2.75, 3.05) is 19.0 Å². The number of carbonyl (C=O) groups excluding carboxylic acids is 1. The van der Waals surface area contributed by atoms with Crippen molar-refractivity contribution < 1.29 is 23.0 Å². The first-order valence-corrected chi connectivity index (χ1v) is 10.3. The molecule has 0 saturated heterocycles. The van der Waals surface area contributed by atoms with Crippen LogP contribution in [0.3, 0.4) is 0 Å². The third-order valence-electron chi connectivity index (χ3n) is 3.88. The summed E-state index contributed by atoms with van der Waals surface area (Å²) < 4.78 is 38.1. The number of amides is 1. The Balaban J connectivity index is 1.79. The van der Waals surface area contributed by atoms with Gasteiger partial charge in [0.2, 0.25) is 0 Å². The number of rotatable bonds is 7. The molecule has 3 aromatic rings. The van der Waals surface area contributed by atoms with Gasteiger partial charge in [0.15, 0.2) is 28.3 Å². The van der Waals surface area contributed by atoms with Crippen molar-refractivity contribution in [3.05, 3.63) is 57.4 Å². The third-order valence-corrected chi connectivity index (χ3v) is 5.23. The summed E-state index contributed by atoms with van der Waals surface area (Å²) in [5.74, 6) is -1.32. The number of benzene rings is 2. The van der Waals surface area contributed by atoms with E-state index in [1.54, 1.807) is 17.5 Å². The summed E-state index contributed by atoms with van der Waals surface area (Å²) in [5, 5.41) is 4.68. The molecule has 0 aliphatic carbocycles. The lowest BCUT2D eigenvalue weighted by Gasteiger charge is -2.13. The highest BCUT2D eigenvalue weighted by atomic mass is 79.9. The minimum absolute atomic E-state index is 0.330. The normalized spacial score (nSPS) is 10.7. The summed E-state index contributed by atoms with van der Waals surface area (Å²) in [7, 11) is 1.50. The van der Waals surface area contributed by atoms with Gasteiger partial charge in [0.1, 0.15) is 0 Å². The van der Waals surface area contributed by atoms with Crippen molar-refractivity contribution in [2.45, 2.75) is 13.3 Å². The van der Waals surface area contributed by atoms with Crippen LogP contribution in [0.15, 0.2) is 40.2 Å². The molecule has 1 N–H and O–H groups in total. The molecule has 3 rings (SSSR count). The highest BCUT2D eigenvalue weighted by Crippen LogP contribution is 2.37. The zero-order valence-electron chi connectivity index (χ0n) is 15.6. The first-order valence-electron chi connectivity index (χ1n) is 8.65. The molecule has 29 heavy (non-hydrogen) atoms. The van der Waals surface area contributed by atoms with Crippen LogP contribution in [0.5, 0.6) is 11.5 Å². The average Bonchev–Trinajstić information content (AvgIpc) is 3.17. The number of methoxy groups -OCH3 is 1. The van der Waals surface area contributed by atoms with Crippen LogP contribution in [0, 0.1) is 11.6 Å². The van der Waals surface area contributed by atoms with E-state index in [4.69, 9.17) is 9.47 Å². The number of hydrogen-bond donors (Lipinski definition) is 1. The number of aromatic nitrogens is 1. The Hall–Kier alpha value is -2.52. The van der Waals surface area contributed by atoms with Gasteiger partial charge in [-0.2, -0.15) is 0 Å². The minimum Gasteiger partial charge on any atom is -0.493 e. The third kappa shape index (κ3) is 4.91. The number of ether oxygens (including phenoxy) is 2. The summed E-state index contributed by atoms with van der Waals surface area (Å²) >= 11 is 4.58. The second-order valence-corrected chi connectivity index (χ2v) is 7.67. The SMILES string of the molecule is CCCOc1c(Br)cc(C(=O)Nc2nc(-c3ccc(F)c(F)c3)cs2)cc1OC. The molecule has 0 spiro atoms. The fourth-order valence-electron chi connectivity index (χ4n) is 2.48. The van der Waals surface area contributed by atoms with Gasteiger partial charge < -0.3 is 9.47 Å². The van der Waals surface area contributed by atoms with Crippen molar-refractivity contribution in [1.29, 1.82) is 0 Å². The van der Waals surface area contributed by atoms with Crippen LogP contribution in [0.4, 0.5) is 13.9 Å². The standard InChI is InChI=1S/C20H17BrF2N2O3S/c1-3-6-28-18-13(21)7-12(9-17(18)27-2)19(26)25-20-24-16(10-29-20)11-4-5-14(22)15(23)8-11/h4-5,7-10H,3,6H2,1-2H3,(H,24,25,26). The fraction of sp³-hybridized carbons (Fsp3) is 0.200. The Morgan fingerprint density at radius 3 is 2.72 bits per heavy atom. The van der Waals surface area contributed by atoms with Crippen LogP contribution in [-0.2, 0) is 0 Å². The maximum atomic E-state index is 13.4. The molecule has 0 bridgehead atoms. The molecule has 5 nitrogen and oxygen atoms in total. The minimum atomic E-state index is -0.955. The van der Waals surface area contributed by atoms with Crippen molar-refractivity contribution in [3.8, 4) is 22.8 Å². The zero-order chi connectivity index (χ0) is 21.0. The largest absolute Gasteiger partial charge is 0.493 e. The monoisotopic (exact) mass is 482 g/mol. The van der Waals surface area contributed by atoms with Gasteiger partial charge in [0, 0.05) is 16.5 Å². The molecule has 0 atom stereocenters. The summed E-state index contributed by atoms with van der Waals surface area (Å²) in [5.41, 5.74) is 1.20.